The summed E-state index contributed by atoms with van der Waals surface area (Å²) in [5.41, 5.74) is 5.07. The normalized spacial score (nSPS) is 9.94. The Morgan fingerprint density at radius 2 is 2.19 bits per heavy atom. The molecule has 0 saturated carbocycles. The topological polar surface area (TPSA) is 97.0 Å². The highest BCUT2D eigenvalue weighted by Crippen LogP contribution is 2.11. The van der Waals surface area contributed by atoms with E-state index in [0.29, 0.717) is 18.4 Å². The average molecular weight is 245 g/mol. The van der Waals surface area contributed by atoms with Gasteiger partial charge in [0.25, 0.3) is 0 Å². The van der Waals surface area contributed by atoms with Crippen molar-refractivity contribution in [1.29, 1.82) is 0 Å². The number of halogens is 1. The van der Waals surface area contributed by atoms with Crippen LogP contribution in [0.1, 0.15) is 6.92 Å². The molecule has 0 fully saturated rings. The van der Waals surface area contributed by atoms with Crippen molar-refractivity contribution in [2.45, 2.75) is 6.92 Å². The van der Waals surface area contributed by atoms with Gasteiger partial charge in [-0.1, -0.05) is 0 Å². The van der Waals surface area contributed by atoms with Crippen molar-refractivity contribution in [2.75, 3.05) is 30.4 Å². The Morgan fingerprint density at radius 1 is 1.50 bits per heavy atom. The third kappa shape index (κ3) is 3.50. The van der Waals surface area contributed by atoms with E-state index in [-0.39, 0.29) is 11.8 Å². The van der Waals surface area contributed by atoms with Crippen LogP contribution in [0.25, 0.3) is 0 Å². The van der Waals surface area contributed by atoms with Gasteiger partial charge in [0.15, 0.2) is 0 Å². The molecule has 0 bridgehead atoms. The SMILES string of the molecule is CCNc1nc(Cl)nc(N(C)CC(N)=O)n1. The minimum Gasteiger partial charge on any atom is -0.368 e. The lowest BCUT2D eigenvalue weighted by atomic mass is 10.5. The highest BCUT2D eigenvalue weighted by Gasteiger charge is 2.10. The predicted molar refractivity (Wildman–Crippen MR) is 61.5 cm³/mol. The molecule has 1 aromatic heterocycles. The summed E-state index contributed by atoms with van der Waals surface area (Å²) in [5, 5.41) is 2.97. The molecule has 0 aromatic carbocycles. The maximum atomic E-state index is 10.7. The second-order valence-corrected chi connectivity index (χ2v) is 3.42. The fraction of sp³-hybridized carbons (Fsp3) is 0.500. The van der Waals surface area contributed by atoms with Gasteiger partial charge < -0.3 is 16.0 Å². The van der Waals surface area contributed by atoms with E-state index in [1.807, 2.05) is 6.92 Å². The smallest absolute Gasteiger partial charge is 0.237 e. The molecule has 1 aromatic rings. The minimum atomic E-state index is -0.468. The summed E-state index contributed by atoms with van der Waals surface area (Å²) in [6.45, 7) is 2.59. The number of carbonyl (C=O) groups is 1. The largest absolute Gasteiger partial charge is 0.368 e. The first-order valence-electron chi connectivity index (χ1n) is 4.67. The van der Waals surface area contributed by atoms with Gasteiger partial charge in [-0.15, -0.1) is 0 Å². The molecule has 0 spiro atoms. The predicted octanol–water partition coefficient (Wildman–Crippen LogP) is -0.122. The summed E-state index contributed by atoms with van der Waals surface area (Å²) in [5.74, 6) is 0.201. The Morgan fingerprint density at radius 3 is 2.75 bits per heavy atom. The molecule has 0 aliphatic carbocycles. The fourth-order valence-corrected chi connectivity index (χ4v) is 1.21. The first-order valence-corrected chi connectivity index (χ1v) is 5.05. The summed E-state index contributed by atoms with van der Waals surface area (Å²) in [6, 6.07) is 0. The quantitative estimate of drug-likeness (QED) is 0.750. The van der Waals surface area contributed by atoms with E-state index in [4.69, 9.17) is 17.3 Å². The molecule has 0 radical (unpaired) electrons. The van der Waals surface area contributed by atoms with Gasteiger partial charge in [0.1, 0.15) is 0 Å². The Kier molecular flexibility index (Phi) is 4.24. The maximum Gasteiger partial charge on any atom is 0.237 e. The summed E-state index contributed by atoms with van der Waals surface area (Å²) in [4.78, 5) is 24.1. The van der Waals surface area contributed by atoms with Gasteiger partial charge in [0, 0.05) is 13.6 Å². The first kappa shape index (κ1) is 12.4. The van der Waals surface area contributed by atoms with Gasteiger partial charge in [0.05, 0.1) is 6.54 Å². The Bertz CT molecular complexity index is 385. The molecule has 1 amide bonds. The van der Waals surface area contributed by atoms with Crippen LogP contribution in [0.2, 0.25) is 5.28 Å². The van der Waals surface area contributed by atoms with Gasteiger partial charge in [-0.25, -0.2) is 0 Å². The first-order chi connectivity index (χ1) is 7.52. The van der Waals surface area contributed by atoms with Crippen LogP contribution in [0.15, 0.2) is 0 Å². The molecule has 3 N–H and O–H groups in total. The highest BCUT2D eigenvalue weighted by molar-refractivity contribution is 6.28. The van der Waals surface area contributed by atoms with Crippen molar-refractivity contribution in [3.63, 3.8) is 0 Å². The summed E-state index contributed by atoms with van der Waals surface area (Å²) < 4.78 is 0. The van der Waals surface area contributed by atoms with Crippen LogP contribution in [-0.2, 0) is 4.79 Å². The van der Waals surface area contributed by atoms with Crippen molar-refractivity contribution in [3.8, 4) is 0 Å². The monoisotopic (exact) mass is 244 g/mol. The van der Waals surface area contributed by atoms with Crippen molar-refractivity contribution < 1.29 is 4.79 Å². The van der Waals surface area contributed by atoms with Crippen LogP contribution >= 0.6 is 11.6 Å². The van der Waals surface area contributed by atoms with Crippen LogP contribution in [0.5, 0.6) is 0 Å². The van der Waals surface area contributed by atoms with E-state index in [9.17, 15) is 4.79 Å². The molecule has 0 atom stereocenters. The van der Waals surface area contributed by atoms with Gasteiger partial charge in [-0.3, -0.25) is 4.79 Å². The fourth-order valence-electron chi connectivity index (χ4n) is 1.05. The molecule has 16 heavy (non-hydrogen) atoms. The molecule has 1 rings (SSSR count). The molecule has 1 heterocycles. The molecular weight excluding hydrogens is 232 g/mol. The molecule has 0 saturated heterocycles. The van der Waals surface area contributed by atoms with Crippen LogP contribution in [-0.4, -0.2) is 41.0 Å². The number of hydrogen-bond acceptors (Lipinski definition) is 6. The number of aromatic nitrogens is 3. The number of amides is 1. The number of nitrogens with two attached hydrogens (primary N) is 1. The van der Waals surface area contributed by atoms with Crippen LogP contribution < -0.4 is 16.0 Å². The van der Waals surface area contributed by atoms with Crippen LogP contribution in [0.3, 0.4) is 0 Å². The van der Waals surface area contributed by atoms with E-state index < -0.39 is 5.91 Å². The molecule has 8 heteroatoms. The second kappa shape index (κ2) is 5.45. The molecular formula is C8H13ClN6O. The van der Waals surface area contributed by atoms with E-state index in [0.717, 1.165) is 0 Å². The number of nitrogens with zero attached hydrogens (tertiary/aromatic N) is 4. The number of primary amides is 1. The van der Waals surface area contributed by atoms with E-state index >= 15 is 0 Å². The van der Waals surface area contributed by atoms with E-state index in [1.165, 1.54) is 4.90 Å². The number of anilines is 2. The van der Waals surface area contributed by atoms with E-state index in [1.54, 1.807) is 7.05 Å². The number of likely N-dealkylation sites (N-methyl/N-ethyl adjacent to an activating group) is 1. The van der Waals surface area contributed by atoms with Crippen LogP contribution in [0, 0.1) is 0 Å². The molecule has 7 nitrogen and oxygen atoms in total. The van der Waals surface area contributed by atoms with Crippen LogP contribution in [0.4, 0.5) is 11.9 Å². The Labute approximate surface area is 98.0 Å². The Balaban J connectivity index is 2.90. The number of carbonyl (C=O) groups excluding carboxylic acids is 1. The van der Waals surface area contributed by atoms with Gasteiger partial charge in [-0.05, 0) is 18.5 Å². The lowest BCUT2D eigenvalue weighted by molar-refractivity contribution is -0.116. The third-order valence-corrected chi connectivity index (χ3v) is 1.83. The van der Waals surface area contributed by atoms with Crippen molar-refractivity contribution in [1.82, 2.24) is 15.0 Å². The van der Waals surface area contributed by atoms with Crippen molar-refractivity contribution >= 4 is 29.4 Å². The zero-order valence-electron chi connectivity index (χ0n) is 9.07. The number of nitrogens with one attached hydrogen (secondary N) is 1. The third-order valence-electron chi connectivity index (χ3n) is 1.67. The standard InChI is InChI=1S/C8H13ClN6O/c1-3-11-7-12-6(9)13-8(14-7)15(2)4-5(10)16/h3-4H2,1-2H3,(H2,10,16)(H,11,12,13,14). The maximum absolute atomic E-state index is 10.7. The average Bonchev–Trinajstić information content (AvgIpc) is 2.16. The summed E-state index contributed by atoms with van der Waals surface area (Å²) >= 11 is 5.72. The number of hydrogen-bond donors (Lipinski definition) is 2. The van der Waals surface area contributed by atoms with Gasteiger partial charge >= 0.3 is 0 Å². The zero-order chi connectivity index (χ0) is 12.1. The molecule has 0 aliphatic heterocycles. The lowest BCUT2D eigenvalue weighted by Crippen LogP contribution is -2.32. The zero-order valence-corrected chi connectivity index (χ0v) is 9.82. The van der Waals surface area contributed by atoms with Crippen molar-refractivity contribution in [2.24, 2.45) is 5.73 Å². The Hall–Kier alpha value is -1.63. The van der Waals surface area contributed by atoms with E-state index in [2.05, 4.69) is 20.3 Å². The molecule has 0 aliphatic rings. The van der Waals surface area contributed by atoms with Gasteiger partial charge in [-0.2, -0.15) is 15.0 Å². The lowest BCUT2D eigenvalue weighted by Gasteiger charge is -2.15. The minimum absolute atomic E-state index is 0.0197. The number of rotatable bonds is 5. The molecule has 88 valence electrons. The van der Waals surface area contributed by atoms with Gasteiger partial charge in [0.2, 0.25) is 23.1 Å². The summed E-state index contributed by atoms with van der Waals surface area (Å²) in [7, 11) is 1.64. The van der Waals surface area contributed by atoms with Crippen molar-refractivity contribution in [3.05, 3.63) is 5.28 Å². The summed E-state index contributed by atoms with van der Waals surface area (Å²) in [6.07, 6.45) is 0. The second-order valence-electron chi connectivity index (χ2n) is 3.08. The molecule has 0 unspecified atom stereocenters. The highest BCUT2D eigenvalue weighted by atomic mass is 35.5.